The third-order valence-corrected chi connectivity index (χ3v) is 5.55. The highest BCUT2D eigenvalue weighted by molar-refractivity contribution is 5.15. The lowest BCUT2D eigenvalue weighted by atomic mass is 9.48. The summed E-state index contributed by atoms with van der Waals surface area (Å²) in [7, 11) is 0. The van der Waals surface area contributed by atoms with Crippen LogP contribution in [-0.4, -0.2) is 22.9 Å². The lowest BCUT2D eigenvalue weighted by Gasteiger charge is -2.64. The number of hydrogen-bond acceptors (Lipinski definition) is 2. The van der Waals surface area contributed by atoms with E-state index in [1.807, 2.05) is 6.92 Å². The molecule has 0 amide bonds. The fraction of sp³-hybridized carbons (Fsp3) is 1.00. The van der Waals surface area contributed by atoms with Crippen molar-refractivity contribution < 1.29 is 9.84 Å². The standard InChI is InChI=1S/C15H26O2/c1-10(2)9-17-15-7-11-4-12(8-15)6-13(5-11)14(15,3)16/h10-13,16H,4-9H2,1-3H3. The highest BCUT2D eigenvalue weighted by Crippen LogP contribution is 2.61. The van der Waals surface area contributed by atoms with Gasteiger partial charge in [0.15, 0.2) is 0 Å². The Morgan fingerprint density at radius 2 is 1.76 bits per heavy atom. The monoisotopic (exact) mass is 238 g/mol. The van der Waals surface area contributed by atoms with E-state index in [0.29, 0.717) is 11.8 Å². The smallest absolute Gasteiger partial charge is 0.0973 e. The van der Waals surface area contributed by atoms with Gasteiger partial charge in [0.2, 0.25) is 0 Å². The molecule has 2 heteroatoms. The van der Waals surface area contributed by atoms with Gasteiger partial charge in [-0.3, -0.25) is 0 Å². The van der Waals surface area contributed by atoms with Crippen LogP contribution in [0, 0.1) is 23.7 Å². The van der Waals surface area contributed by atoms with Crippen LogP contribution >= 0.6 is 0 Å². The van der Waals surface area contributed by atoms with E-state index in [4.69, 9.17) is 4.74 Å². The maximum atomic E-state index is 10.9. The first-order valence-corrected chi connectivity index (χ1v) is 7.29. The Morgan fingerprint density at radius 3 is 2.29 bits per heavy atom. The topological polar surface area (TPSA) is 29.5 Å². The summed E-state index contributed by atoms with van der Waals surface area (Å²) in [5.74, 6) is 2.68. The minimum Gasteiger partial charge on any atom is -0.387 e. The molecule has 0 saturated heterocycles. The van der Waals surface area contributed by atoms with Crippen LogP contribution in [0.1, 0.15) is 52.9 Å². The summed E-state index contributed by atoms with van der Waals surface area (Å²) in [6.07, 6.45) is 6.05. The Kier molecular flexibility index (Phi) is 2.61. The van der Waals surface area contributed by atoms with Crippen LogP contribution < -0.4 is 0 Å². The fourth-order valence-electron chi connectivity index (χ4n) is 4.75. The van der Waals surface area contributed by atoms with Gasteiger partial charge in [-0.1, -0.05) is 13.8 Å². The second-order valence-corrected chi connectivity index (χ2v) is 7.39. The molecule has 4 rings (SSSR count). The molecule has 0 spiro atoms. The second-order valence-electron chi connectivity index (χ2n) is 7.39. The predicted molar refractivity (Wildman–Crippen MR) is 67.7 cm³/mol. The molecule has 2 nitrogen and oxygen atoms in total. The van der Waals surface area contributed by atoms with Gasteiger partial charge in [0, 0.05) is 6.61 Å². The molecule has 0 heterocycles. The summed E-state index contributed by atoms with van der Waals surface area (Å²) < 4.78 is 6.27. The van der Waals surface area contributed by atoms with Crippen LogP contribution in [0.15, 0.2) is 0 Å². The minimum atomic E-state index is -0.588. The third-order valence-electron chi connectivity index (χ3n) is 5.55. The summed E-state index contributed by atoms with van der Waals surface area (Å²) in [6.45, 7) is 7.21. The van der Waals surface area contributed by atoms with Crippen LogP contribution in [0.2, 0.25) is 0 Å². The van der Waals surface area contributed by atoms with Gasteiger partial charge in [0.05, 0.1) is 11.2 Å². The first kappa shape index (κ1) is 12.0. The Balaban J connectivity index is 1.85. The van der Waals surface area contributed by atoms with Crippen LogP contribution in [0.5, 0.6) is 0 Å². The molecule has 4 fully saturated rings. The molecular formula is C15H26O2. The van der Waals surface area contributed by atoms with Gasteiger partial charge in [-0.05, 0) is 62.7 Å². The third kappa shape index (κ3) is 1.67. The summed E-state index contributed by atoms with van der Waals surface area (Å²) in [4.78, 5) is 0. The zero-order valence-corrected chi connectivity index (χ0v) is 11.4. The molecule has 4 aliphatic rings. The molecule has 4 aliphatic carbocycles. The second kappa shape index (κ2) is 3.71. The summed E-state index contributed by atoms with van der Waals surface area (Å²) in [5.41, 5.74) is -0.804. The number of ether oxygens (including phenoxy) is 1. The van der Waals surface area contributed by atoms with Crippen molar-refractivity contribution >= 4 is 0 Å². The van der Waals surface area contributed by atoms with Crippen molar-refractivity contribution in [3.8, 4) is 0 Å². The summed E-state index contributed by atoms with van der Waals surface area (Å²) in [6, 6.07) is 0. The lowest BCUT2D eigenvalue weighted by Crippen LogP contribution is -2.68. The van der Waals surface area contributed by atoms with Crippen LogP contribution in [0.25, 0.3) is 0 Å². The number of hydrogen-bond donors (Lipinski definition) is 1. The van der Waals surface area contributed by atoms with Crippen molar-refractivity contribution in [2.75, 3.05) is 6.61 Å². The zero-order valence-electron chi connectivity index (χ0n) is 11.4. The predicted octanol–water partition coefficient (Wildman–Crippen LogP) is 2.99. The minimum absolute atomic E-state index is 0.216. The van der Waals surface area contributed by atoms with Gasteiger partial charge in [0.1, 0.15) is 0 Å². The van der Waals surface area contributed by atoms with E-state index in [1.54, 1.807) is 0 Å². The highest BCUT2D eigenvalue weighted by Gasteiger charge is 2.63. The van der Waals surface area contributed by atoms with Gasteiger partial charge in [-0.15, -0.1) is 0 Å². The molecular weight excluding hydrogens is 212 g/mol. The van der Waals surface area contributed by atoms with E-state index in [0.717, 1.165) is 31.3 Å². The van der Waals surface area contributed by atoms with Gasteiger partial charge in [0.25, 0.3) is 0 Å². The van der Waals surface area contributed by atoms with Gasteiger partial charge < -0.3 is 9.84 Å². The maximum absolute atomic E-state index is 10.9. The SMILES string of the molecule is CC(C)COC12CC3CC(CC(C3)C1(C)O)C2. The average molecular weight is 238 g/mol. The largest absolute Gasteiger partial charge is 0.387 e. The average Bonchev–Trinajstić information content (AvgIpc) is 2.23. The van der Waals surface area contributed by atoms with E-state index >= 15 is 0 Å². The number of rotatable bonds is 3. The molecule has 4 saturated carbocycles. The molecule has 4 bridgehead atoms. The van der Waals surface area contributed by atoms with Gasteiger partial charge >= 0.3 is 0 Å². The molecule has 0 radical (unpaired) electrons. The lowest BCUT2D eigenvalue weighted by molar-refractivity contribution is -0.280. The molecule has 98 valence electrons. The van der Waals surface area contributed by atoms with E-state index in [1.165, 1.54) is 19.3 Å². The van der Waals surface area contributed by atoms with Crippen molar-refractivity contribution in [2.24, 2.45) is 23.7 Å². The van der Waals surface area contributed by atoms with E-state index < -0.39 is 5.60 Å². The van der Waals surface area contributed by atoms with E-state index in [-0.39, 0.29) is 5.60 Å². The van der Waals surface area contributed by atoms with E-state index in [2.05, 4.69) is 13.8 Å². The zero-order chi connectivity index (χ0) is 12.3. The summed E-state index contributed by atoms with van der Waals surface area (Å²) in [5, 5.41) is 10.9. The molecule has 0 aliphatic heterocycles. The molecule has 3 unspecified atom stereocenters. The van der Waals surface area contributed by atoms with Crippen LogP contribution in [0.3, 0.4) is 0 Å². The Bertz CT molecular complexity index is 294. The normalized spacial score (nSPS) is 52.4. The molecule has 1 N–H and O–H groups in total. The Labute approximate surface area is 105 Å². The van der Waals surface area contributed by atoms with Crippen molar-refractivity contribution in [1.29, 1.82) is 0 Å². The molecule has 17 heavy (non-hydrogen) atoms. The van der Waals surface area contributed by atoms with Gasteiger partial charge in [-0.2, -0.15) is 0 Å². The molecule has 3 atom stereocenters. The Morgan fingerprint density at radius 1 is 1.18 bits per heavy atom. The molecule has 0 aromatic heterocycles. The fourth-order valence-corrected chi connectivity index (χ4v) is 4.75. The highest BCUT2D eigenvalue weighted by atomic mass is 16.5. The van der Waals surface area contributed by atoms with Crippen molar-refractivity contribution in [1.82, 2.24) is 0 Å². The first-order valence-electron chi connectivity index (χ1n) is 7.29. The van der Waals surface area contributed by atoms with Crippen molar-refractivity contribution in [3.63, 3.8) is 0 Å². The molecule has 0 aromatic rings. The van der Waals surface area contributed by atoms with E-state index in [9.17, 15) is 5.11 Å². The maximum Gasteiger partial charge on any atom is 0.0973 e. The van der Waals surface area contributed by atoms with Crippen molar-refractivity contribution in [3.05, 3.63) is 0 Å². The first-order chi connectivity index (χ1) is 7.93. The van der Waals surface area contributed by atoms with Crippen LogP contribution in [-0.2, 0) is 4.74 Å². The van der Waals surface area contributed by atoms with Crippen molar-refractivity contribution in [2.45, 2.75) is 64.1 Å². The van der Waals surface area contributed by atoms with Crippen LogP contribution in [0.4, 0.5) is 0 Å². The Hall–Kier alpha value is -0.0800. The quantitative estimate of drug-likeness (QED) is 0.819. The number of aliphatic hydroxyl groups is 1. The molecule has 0 aromatic carbocycles. The summed E-state index contributed by atoms with van der Waals surface area (Å²) >= 11 is 0. The van der Waals surface area contributed by atoms with Gasteiger partial charge in [-0.25, -0.2) is 0 Å².